The maximum atomic E-state index is 3.41. The third-order valence-electron chi connectivity index (χ3n) is 4.19. The van der Waals surface area contributed by atoms with Gasteiger partial charge >= 0.3 is 0 Å². The fraction of sp³-hybridized carbons (Fsp3) is 0.571. The average molecular weight is 216 g/mol. The summed E-state index contributed by atoms with van der Waals surface area (Å²) < 4.78 is 0. The summed E-state index contributed by atoms with van der Waals surface area (Å²) >= 11 is 0. The van der Waals surface area contributed by atoms with Gasteiger partial charge in [0.25, 0.3) is 0 Å². The Morgan fingerprint density at radius 1 is 1.12 bits per heavy atom. The van der Waals surface area contributed by atoms with Crippen LogP contribution in [0.2, 0.25) is 0 Å². The van der Waals surface area contributed by atoms with Crippen molar-refractivity contribution in [3.8, 4) is 0 Å². The van der Waals surface area contributed by atoms with E-state index in [4.69, 9.17) is 0 Å². The van der Waals surface area contributed by atoms with Crippen LogP contribution in [0.25, 0.3) is 0 Å². The molecule has 1 fully saturated rings. The minimum atomic E-state index is 0.744. The van der Waals surface area contributed by atoms with Gasteiger partial charge in [0.1, 0.15) is 0 Å². The lowest BCUT2D eigenvalue weighted by Gasteiger charge is -2.23. The Morgan fingerprint density at radius 3 is 2.38 bits per heavy atom. The van der Waals surface area contributed by atoms with Gasteiger partial charge in [-0.2, -0.15) is 0 Å². The number of hydrogen-bond acceptors (Lipinski definition) is 2. The van der Waals surface area contributed by atoms with E-state index in [0.717, 1.165) is 25.2 Å². The van der Waals surface area contributed by atoms with Gasteiger partial charge in [-0.15, -0.1) is 0 Å². The molecule has 2 aliphatic rings. The Balaban J connectivity index is 1.68. The van der Waals surface area contributed by atoms with Crippen molar-refractivity contribution in [1.29, 1.82) is 0 Å². The Morgan fingerprint density at radius 2 is 1.81 bits per heavy atom. The molecule has 1 N–H and O–H groups in total. The van der Waals surface area contributed by atoms with Gasteiger partial charge in [-0.05, 0) is 37.4 Å². The molecule has 1 aliphatic carbocycles. The number of rotatable bonds is 2. The van der Waals surface area contributed by atoms with Crippen molar-refractivity contribution >= 4 is 0 Å². The number of hydrogen-bond donors (Lipinski definition) is 1. The molecule has 1 heterocycles. The van der Waals surface area contributed by atoms with Crippen LogP contribution in [-0.2, 0) is 13.1 Å². The van der Waals surface area contributed by atoms with Gasteiger partial charge in [-0.1, -0.05) is 24.3 Å². The maximum Gasteiger partial charge on any atom is 0.0243 e. The van der Waals surface area contributed by atoms with Gasteiger partial charge in [-0.3, -0.25) is 4.90 Å². The van der Waals surface area contributed by atoms with Gasteiger partial charge in [0.2, 0.25) is 0 Å². The van der Waals surface area contributed by atoms with E-state index < -0.39 is 0 Å². The molecule has 2 unspecified atom stereocenters. The highest BCUT2D eigenvalue weighted by molar-refractivity contribution is 5.30. The van der Waals surface area contributed by atoms with E-state index in [2.05, 4.69) is 41.5 Å². The maximum absolute atomic E-state index is 3.41. The molecule has 2 atom stereocenters. The van der Waals surface area contributed by atoms with Crippen LogP contribution < -0.4 is 5.32 Å². The molecule has 1 aromatic rings. The highest BCUT2D eigenvalue weighted by atomic mass is 15.2. The van der Waals surface area contributed by atoms with E-state index in [1.54, 1.807) is 0 Å². The molecule has 0 spiro atoms. The SMILES string of the molecule is CNC1CCC(N2Cc3ccccc3C2)C1. The predicted octanol–water partition coefficient (Wildman–Crippen LogP) is 2.14. The Hall–Kier alpha value is -0.860. The monoisotopic (exact) mass is 216 g/mol. The van der Waals surface area contributed by atoms with Crippen LogP contribution in [0.1, 0.15) is 30.4 Å². The molecule has 2 heteroatoms. The quantitative estimate of drug-likeness (QED) is 0.815. The highest BCUT2D eigenvalue weighted by Crippen LogP contribution is 2.31. The van der Waals surface area contributed by atoms with E-state index >= 15 is 0 Å². The lowest BCUT2D eigenvalue weighted by Crippen LogP contribution is -2.30. The van der Waals surface area contributed by atoms with Crippen molar-refractivity contribution in [3.63, 3.8) is 0 Å². The number of nitrogens with zero attached hydrogens (tertiary/aromatic N) is 1. The summed E-state index contributed by atoms with van der Waals surface area (Å²) in [6.45, 7) is 2.33. The minimum Gasteiger partial charge on any atom is -0.317 e. The molecule has 16 heavy (non-hydrogen) atoms. The lowest BCUT2D eigenvalue weighted by molar-refractivity contribution is 0.199. The summed E-state index contributed by atoms with van der Waals surface area (Å²) in [6.07, 6.45) is 4.03. The summed E-state index contributed by atoms with van der Waals surface area (Å²) in [7, 11) is 2.09. The van der Waals surface area contributed by atoms with E-state index in [9.17, 15) is 0 Å². The summed E-state index contributed by atoms with van der Waals surface area (Å²) in [5, 5.41) is 3.41. The molecule has 0 aromatic heterocycles. The van der Waals surface area contributed by atoms with Gasteiger partial charge in [0.05, 0.1) is 0 Å². The van der Waals surface area contributed by atoms with Crippen LogP contribution in [-0.4, -0.2) is 24.0 Å². The van der Waals surface area contributed by atoms with Gasteiger partial charge in [0.15, 0.2) is 0 Å². The second-order valence-corrected chi connectivity index (χ2v) is 5.13. The topological polar surface area (TPSA) is 15.3 Å². The lowest BCUT2D eigenvalue weighted by atomic mass is 10.1. The van der Waals surface area contributed by atoms with Crippen LogP contribution in [0.3, 0.4) is 0 Å². The molecule has 0 radical (unpaired) electrons. The van der Waals surface area contributed by atoms with Crippen LogP contribution in [0.5, 0.6) is 0 Å². The first-order valence-electron chi connectivity index (χ1n) is 6.35. The predicted molar refractivity (Wildman–Crippen MR) is 66.2 cm³/mol. The van der Waals surface area contributed by atoms with Crippen molar-refractivity contribution in [1.82, 2.24) is 10.2 Å². The van der Waals surface area contributed by atoms with Crippen molar-refractivity contribution in [2.45, 2.75) is 44.4 Å². The molecule has 0 saturated heterocycles. The first kappa shape index (κ1) is 10.3. The Kier molecular flexibility index (Phi) is 2.70. The molecule has 2 nitrogen and oxygen atoms in total. The van der Waals surface area contributed by atoms with E-state index in [0.29, 0.717) is 0 Å². The highest BCUT2D eigenvalue weighted by Gasteiger charge is 2.31. The van der Waals surface area contributed by atoms with Crippen LogP contribution in [0, 0.1) is 0 Å². The number of nitrogens with one attached hydrogen (secondary N) is 1. The number of benzene rings is 1. The molecule has 3 rings (SSSR count). The van der Waals surface area contributed by atoms with Crippen LogP contribution in [0.4, 0.5) is 0 Å². The normalized spacial score (nSPS) is 29.6. The molecule has 86 valence electrons. The zero-order chi connectivity index (χ0) is 11.0. The molecule has 1 saturated carbocycles. The second kappa shape index (κ2) is 4.19. The fourth-order valence-corrected chi connectivity index (χ4v) is 3.17. The first-order chi connectivity index (χ1) is 7.86. The van der Waals surface area contributed by atoms with E-state index in [1.165, 1.54) is 30.4 Å². The second-order valence-electron chi connectivity index (χ2n) is 5.13. The largest absolute Gasteiger partial charge is 0.317 e. The molecule has 0 amide bonds. The summed E-state index contributed by atoms with van der Waals surface area (Å²) in [6, 6.07) is 10.4. The van der Waals surface area contributed by atoms with Crippen LogP contribution in [0.15, 0.2) is 24.3 Å². The van der Waals surface area contributed by atoms with E-state index in [-0.39, 0.29) is 0 Å². The van der Waals surface area contributed by atoms with Crippen molar-refractivity contribution in [2.75, 3.05) is 7.05 Å². The Labute approximate surface area is 97.6 Å². The number of fused-ring (bicyclic) bond motifs is 1. The molecule has 1 aromatic carbocycles. The zero-order valence-electron chi connectivity index (χ0n) is 9.95. The smallest absolute Gasteiger partial charge is 0.0243 e. The average Bonchev–Trinajstić information content (AvgIpc) is 2.95. The first-order valence-corrected chi connectivity index (χ1v) is 6.35. The van der Waals surface area contributed by atoms with Crippen molar-refractivity contribution in [2.24, 2.45) is 0 Å². The van der Waals surface area contributed by atoms with Crippen molar-refractivity contribution in [3.05, 3.63) is 35.4 Å². The fourth-order valence-electron chi connectivity index (χ4n) is 3.17. The van der Waals surface area contributed by atoms with Crippen LogP contribution >= 0.6 is 0 Å². The third kappa shape index (κ3) is 1.76. The van der Waals surface area contributed by atoms with E-state index in [1.807, 2.05) is 0 Å². The van der Waals surface area contributed by atoms with Crippen molar-refractivity contribution < 1.29 is 0 Å². The van der Waals surface area contributed by atoms with Gasteiger partial charge < -0.3 is 5.32 Å². The standard InChI is InChI=1S/C14H20N2/c1-15-13-6-7-14(8-13)16-9-11-4-2-3-5-12(11)10-16/h2-5,13-15H,6-10H2,1H3. The third-order valence-corrected chi connectivity index (χ3v) is 4.19. The minimum absolute atomic E-state index is 0.744. The summed E-state index contributed by atoms with van der Waals surface area (Å²) in [5.41, 5.74) is 3.07. The Bertz CT molecular complexity index is 350. The molecular formula is C14H20N2. The molecule has 1 aliphatic heterocycles. The summed E-state index contributed by atoms with van der Waals surface area (Å²) in [5.74, 6) is 0. The molecular weight excluding hydrogens is 196 g/mol. The molecule has 0 bridgehead atoms. The van der Waals surface area contributed by atoms with Gasteiger partial charge in [0, 0.05) is 25.2 Å². The van der Waals surface area contributed by atoms with Gasteiger partial charge in [-0.25, -0.2) is 0 Å². The zero-order valence-corrected chi connectivity index (χ0v) is 9.95. The summed E-state index contributed by atoms with van der Waals surface area (Å²) in [4.78, 5) is 2.65.